The molecular weight excluding hydrogens is 196 g/mol. The normalized spacial score (nSPS) is 13.2. The van der Waals surface area contributed by atoms with Crippen LogP contribution >= 0.6 is 0 Å². The zero-order valence-corrected chi connectivity index (χ0v) is 10.3. The first-order valence-corrected chi connectivity index (χ1v) is 5.82. The van der Waals surface area contributed by atoms with Gasteiger partial charge in [-0.25, -0.2) is 0 Å². The second-order valence-corrected chi connectivity index (χ2v) is 4.58. The number of benzene rings is 1. The average Bonchev–Trinajstić information content (AvgIpc) is 2.25. The number of carbonyl (C=O) groups is 1. The Kier molecular flexibility index (Phi) is 4.97. The van der Waals surface area contributed by atoms with E-state index in [0.717, 1.165) is 0 Å². The lowest BCUT2D eigenvalue weighted by Crippen LogP contribution is -2.09. The van der Waals surface area contributed by atoms with Crippen LogP contribution in [0.25, 0.3) is 6.08 Å². The minimum absolute atomic E-state index is 0.261. The van der Waals surface area contributed by atoms with Crippen molar-refractivity contribution in [2.45, 2.75) is 27.2 Å². The molecule has 0 N–H and O–H groups in total. The lowest BCUT2D eigenvalue weighted by atomic mass is 9.90. The lowest BCUT2D eigenvalue weighted by Gasteiger charge is -2.14. The molecule has 1 aromatic rings. The molecule has 0 amide bonds. The third kappa shape index (κ3) is 4.43. The van der Waals surface area contributed by atoms with Crippen LogP contribution in [0.1, 0.15) is 32.8 Å². The van der Waals surface area contributed by atoms with Crippen molar-refractivity contribution in [3.63, 3.8) is 0 Å². The molecule has 1 atom stereocenters. The average molecular weight is 216 g/mol. The molecule has 0 spiro atoms. The van der Waals surface area contributed by atoms with Gasteiger partial charge in [0, 0.05) is 6.42 Å². The highest BCUT2D eigenvalue weighted by Gasteiger charge is 2.11. The maximum absolute atomic E-state index is 11.1. The van der Waals surface area contributed by atoms with E-state index in [1.807, 2.05) is 18.2 Å². The molecule has 0 bridgehead atoms. The highest BCUT2D eigenvalue weighted by molar-refractivity contribution is 5.76. The predicted octanol–water partition coefficient (Wildman–Crippen LogP) is 3.95. The molecule has 1 rings (SSSR count). The van der Waals surface area contributed by atoms with E-state index in [0.29, 0.717) is 18.3 Å². The highest BCUT2D eigenvalue weighted by Crippen LogP contribution is 2.18. The summed E-state index contributed by atoms with van der Waals surface area (Å²) in [6.07, 6.45) is 4.90. The second-order valence-electron chi connectivity index (χ2n) is 4.58. The number of Topliss-reactive ketones (excluding diaryl/α,β-unsaturated/α-hetero) is 1. The quantitative estimate of drug-likeness (QED) is 0.728. The van der Waals surface area contributed by atoms with Gasteiger partial charge in [-0.3, -0.25) is 0 Å². The Hall–Kier alpha value is -1.37. The fourth-order valence-electron chi connectivity index (χ4n) is 1.66. The van der Waals surface area contributed by atoms with Crippen LogP contribution in [-0.2, 0) is 4.79 Å². The minimum Gasteiger partial charge on any atom is -0.300 e. The van der Waals surface area contributed by atoms with Gasteiger partial charge in [0.25, 0.3) is 0 Å². The molecule has 0 saturated carbocycles. The Balaban J connectivity index is 2.68. The van der Waals surface area contributed by atoms with E-state index < -0.39 is 0 Å². The van der Waals surface area contributed by atoms with Crippen molar-refractivity contribution < 1.29 is 4.79 Å². The van der Waals surface area contributed by atoms with Crippen LogP contribution in [0.2, 0.25) is 0 Å². The summed E-state index contributed by atoms with van der Waals surface area (Å²) in [6.45, 7) is 5.97. The van der Waals surface area contributed by atoms with Gasteiger partial charge in [0.15, 0.2) is 0 Å². The summed E-state index contributed by atoms with van der Waals surface area (Å²) in [5, 5.41) is 0. The van der Waals surface area contributed by atoms with Crippen LogP contribution in [0, 0.1) is 11.8 Å². The summed E-state index contributed by atoms with van der Waals surface area (Å²) in [5.41, 5.74) is 1.19. The van der Waals surface area contributed by atoms with Gasteiger partial charge in [-0.05, 0) is 24.3 Å². The molecule has 0 saturated heterocycles. The molecule has 16 heavy (non-hydrogen) atoms. The molecule has 0 aliphatic rings. The molecule has 1 aromatic carbocycles. The first-order valence-electron chi connectivity index (χ1n) is 5.82. The van der Waals surface area contributed by atoms with Gasteiger partial charge >= 0.3 is 0 Å². The molecule has 1 heteroatoms. The largest absolute Gasteiger partial charge is 0.300 e. The van der Waals surface area contributed by atoms with E-state index in [-0.39, 0.29) is 5.78 Å². The van der Waals surface area contributed by atoms with Gasteiger partial charge in [0.2, 0.25) is 0 Å². The SMILES string of the molecule is CC(=O)C[C@H](/C=C/c1ccccc1)C(C)C. The van der Waals surface area contributed by atoms with Crippen LogP contribution in [0.4, 0.5) is 0 Å². The molecule has 0 radical (unpaired) electrons. The van der Waals surface area contributed by atoms with Crippen molar-refractivity contribution in [3.8, 4) is 0 Å². The minimum atomic E-state index is 0.261. The van der Waals surface area contributed by atoms with Crippen LogP contribution in [-0.4, -0.2) is 5.78 Å². The van der Waals surface area contributed by atoms with Crippen molar-refractivity contribution in [1.29, 1.82) is 0 Å². The van der Waals surface area contributed by atoms with E-state index in [9.17, 15) is 4.79 Å². The molecular formula is C15H20O. The monoisotopic (exact) mass is 216 g/mol. The number of ketones is 1. The number of allylic oxidation sites excluding steroid dienone is 1. The lowest BCUT2D eigenvalue weighted by molar-refractivity contribution is -0.117. The summed E-state index contributed by atoms with van der Waals surface area (Å²) in [5.74, 6) is 1.11. The molecule has 1 nitrogen and oxygen atoms in total. The first kappa shape index (κ1) is 12.7. The van der Waals surface area contributed by atoms with E-state index in [2.05, 4.69) is 38.1 Å². The van der Waals surface area contributed by atoms with Gasteiger partial charge in [-0.15, -0.1) is 0 Å². The van der Waals surface area contributed by atoms with E-state index >= 15 is 0 Å². The fourth-order valence-corrected chi connectivity index (χ4v) is 1.66. The number of hydrogen-bond acceptors (Lipinski definition) is 1. The third-order valence-corrected chi connectivity index (χ3v) is 2.71. The van der Waals surface area contributed by atoms with Crippen molar-refractivity contribution in [2.75, 3.05) is 0 Å². The van der Waals surface area contributed by atoms with Gasteiger partial charge in [-0.2, -0.15) is 0 Å². The molecule has 0 aliphatic heterocycles. The Morgan fingerprint density at radius 2 is 1.88 bits per heavy atom. The Bertz CT molecular complexity index is 349. The van der Waals surface area contributed by atoms with Gasteiger partial charge in [0.1, 0.15) is 5.78 Å². The van der Waals surface area contributed by atoms with E-state index in [1.165, 1.54) is 5.56 Å². The van der Waals surface area contributed by atoms with Crippen LogP contribution in [0.5, 0.6) is 0 Å². The highest BCUT2D eigenvalue weighted by atomic mass is 16.1. The summed E-state index contributed by atoms with van der Waals surface area (Å²) in [4.78, 5) is 11.1. The van der Waals surface area contributed by atoms with Gasteiger partial charge < -0.3 is 4.79 Å². The van der Waals surface area contributed by atoms with Crippen molar-refractivity contribution in [3.05, 3.63) is 42.0 Å². The zero-order valence-electron chi connectivity index (χ0n) is 10.3. The summed E-state index contributed by atoms with van der Waals surface area (Å²) >= 11 is 0. The molecule has 86 valence electrons. The zero-order chi connectivity index (χ0) is 12.0. The number of carbonyl (C=O) groups excluding carboxylic acids is 1. The van der Waals surface area contributed by atoms with Gasteiger partial charge in [0.05, 0.1) is 0 Å². The van der Waals surface area contributed by atoms with Gasteiger partial charge in [-0.1, -0.05) is 56.3 Å². The summed E-state index contributed by atoms with van der Waals surface area (Å²) < 4.78 is 0. The summed E-state index contributed by atoms with van der Waals surface area (Å²) in [7, 11) is 0. The number of hydrogen-bond donors (Lipinski definition) is 0. The molecule has 0 aromatic heterocycles. The van der Waals surface area contributed by atoms with Crippen LogP contribution in [0.15, 0.2) is 36.4 Å². The maximum Gasteiger partial charge on any atom is 0.130 e. The van der Waals surface area contributed by atoms with Crippen molar-refractivity contribution in [2.24, 2.45) is 11.8 Å². The standard InChI is InChI=1S/C15H20O/c1-12(2)15(11-13(3)16)10-9-14-7-5-4-6-8-14/h4-10,12,15H,11H2,1-3H3/b10-9+/t15-/m0/s1. The predicted molar refractivity (Wildman–Crippen MR) is 69.1 cm³/mol. The topological polar surface area (TPSA) is 17.1 Å². The van der Waals surface area contributed by atoms with E-state index in [4.69, 9.17) is 0 Å². The number of rotatable bonds is 5. The Labute approximate surface area is 98.2 Å². The Morgan fingerprint density at radius 1 is 1.25 bits per heavy atom. The van der Waals surface area contributed by atoms with Crippen LogP contribution < -0.4 is 0 Å². The molecule has 0 heterocycles. The summed E-state index contributed by atoms with van der Waals surface area (Å²) in [6, 6.07) is 10.2. The fraction of sp³-hybridized carbons (Fsp3) is 0.400. The Morgan fingerprint density at radius 3 is 2.38 bits per heavy atom. The smallest absolute Gasteiger partial charge is 0.130 e. The van der Waals surface area contributed by atoms with Crippen molar-refractivity contribution in [1.82, 2.24) is 0 Å². The first-order chi connectivity index (χ1) is 7.59. The maximum atomic E-state index is 11.1. The van der Waals surface area contributed by atoms with E-state index in [1.54, 1.807) is 6.92 Å². The third-order valence-electron chi connectivity index (χ3n) is 2.71. The van der Waals surface area contributed by atoms with Crippen molar-refractivity contribution >= 4 is 11.9 Å². The molecule has 0 fully saturated rings. The molecule has 0 aliphatic carbocycles. The van der Waals surface area contributed by atoms with Crippen LogP contribution in [0.3, 0.4) is 0 Å². The molecule has 0 unspecified atom stereocenters. The second kappa shape index (κ2) is 6.26.